The van der Waals surface area contributed by atoms with E-state index in [1.807, 2.05) is 0 Å². The van der Waals surface area contributed by atoms with Gasteiger partial charge in [0, 0.05) is 28.9 Å². The number of nitro groups is 1. The number of nitro benzene ring substituents is 1. The minimum atomic E-state index is -0.585. The summed E-state index contributed by atoms with van der Waals surface area (Å²) in [6.45, 7) is 0. The predicted octanol–water partition coefficient (Wildman–Crippen LogP) is 4.55. The van der Waals surface area contributed by atoms with Gasteiger partial charge in [-0.1, -0.05) is 12.1 Å². The van der Waals surface area contributed by atoms with Crippen LogP contribution in [0.1, 0.15) is 10.4 Å². The number of amides is 1. The molecule has 0 saturated heterocycles. The van der Waals surface area contributed by atoms with Gasteiger partial charge < -0.3 is 20.1 Å². The first-order chi connectivity index (χ1) is 16.0. The molecular weight excluding hydrogens is 426 g/mol. The lowest BCUT2D eigenvalue weighted by molar-refractivity contribution is -0.385. The zero-order chi connectivity index (χ0) is 23.4. The number of nitrogens with zero attached hydrogens (tertiary/aromatic N) is 3. The summed E-state index contributed by atoms with van der Waals surface area (Å²) >= 11 is 0. The molecule has 0 spiro atoms. The van der Waals surface area contributed by atoms with Crippen molar-refractivity contribution in [3.63, 3.8) is 0 Å². The molecule has 3 aromatic carbocycles. The topological polar surface area (TPSA) is 129 Å². The molecule has 0 atom stereocenters. The van der Waals surface area contributed by atoms with Crippen LogP contribution < -0.4 is 20.1 Å². The number of aromatic nitrogens is 2. The second-order valence-electron chi connectivity index (χ2n) is 6.88. The van der Waals surface area contributed by atoms with Crippen LogP contribution in [0.15, 0.2) is 67.0 Å². The number of ether oxygens (including phenoxy) is 2. The van der Waals surface area contributed by atoms with Gasteiger partial charge in [0.1, 0.15) is 17.7 Å². The van der Waals surface area contributed by atoms with E-state index in [4.69, 9.17) is 9.47 Å². The fourth-order valence-electron chi connectivity index (χ4n) is 3.28. The van der Waals surface area contributed by atoms with Crippen molar-refractivity contribution >= 4 is 39.7 Å². The zero-order valence-corrected chi connectivity index (χ0v) is 17.7. The third-order valence-corrected chi connectivity index (χ3v) is 4.89. The molecule has 1 amide bonds. The van der Waals surface area contributed by atoms with Crippen molar-refractivity contribution in [3.8, 4) is 11.5 Å². The van der Waals surface area contributed by atoms with Crippen LogP contribution in [0.4, 0.5) is 22.9 Å². The van der Waals surface area contributed by atoms with Crippen LogP contribution in [0.5, 0.6) is 11.5 Å². The standard InChI is InChI=1S/C23H19N5O5/c1-32-20-11-17-18(12-21(20)33-2)24-13-25-22(17)26-14-7-9-15(10-8-14)27-23(29)16-5-3-4-6-19(16)28(30)31/h3-13H,1-2H3,(H,27,29)(H,24,25,26). The molecule has 0 saturated carbocycles. The molecule has 166 valence electrons. The number of hydrogen-bond acceptors (Lipinski definition) is 8. The summed E-state index contributed by atoms with van der Waals surface area (Å²) in [4.78, 5) is 31.7. The largest absolute Gasteiger partial charge is 0.493 e. The number of carbonyl (C=O) groups is 1. The summed E-state index contributed by atoms with van der Waals surface area (Å²) in [6.07, 6.45) is 1.44. The minimum absolute atomic E-state index is 0.0125. The normalized spacial score (nSPS) is 10.5. The molecule has 1 heterocycles. The number of fused-ring (bicyclic) bond motifs is 1. The lowest BCUT2D eigenvalue weighted by atomic mass is 10.1. The summed E-state index contributed by atoms with van der Waals surface area (Å²) in [5.41, 5.74) is 1.62. The van der Waals surface area contributed by atoms with Crippen molar-refractivity contribution in [1.82, 2.24) is 9.97 Å². The number of nitrogens with one attached hydrogen (secondary N) is 2. The van der Waals surface area contributed by atoms with E-state index in [0.29, 0.717) is 34.2 Å². The molecule has 0 aliphatic rings. The summed E-state index contributed by atoms with van der Waals surface area (Å²) < 4.78 is 10.7. The van der Waals surface area contributed by atoms with Gasteiger partial charge in [-0.05, 0) is 36.4 Å². The molecule has 0 aliphatic carbocycles. The Labute approximate surface area is 188 Å². The first kappa shape index (κ1) is 21.5. The average Bonchev–Trinajstić information content (AvgIpc) is 2.84. The van der Waals surface area contributed by atoms with Crippen molar-refractivity contribution in [3.05, 3.63) is 82.7 Å². The van der Waals surface area contributed by atoms with Gasteiger partial charge in [-0.25, -0.2) is 9.97 Å². The average molecular weight is 445 g/mol. The number of carbonyl (C=O) groups excluding carboxylic acids is 1. The number of rotatable bonds is 7. The van der Waals surface area contributed by atoms with Crippen LogP contribution in [-0.4, -0.2) is 35.0 Å². The Kier molecular flexibility index (Phi) is 5.98. The van der Waals surface area contributed by atoms with Gasteiger partial charge in [0.15, 0.2) is 11.5 Å². The van der Waals surface area contributed by atoms with Gasteiger partial charge in [-0.15, -0.1) is 0 Å². The maximum absolute atomic E-state index is 12.5. The Morgan fingerprint density at radius 1 is 0.939 bits per heavy atom. The molecule has 4 rings (SSSR count). The van der Waals surface area contributed by atoms with E-state index in [1.165, 1.54) is 24.5 Å². The highest BCUT2D eigenvalue weighted by Gasteiger charge is 2.19. The van der Waals surface area contributed by atoms with Crippen molar-refractivity contribution in [1.29, 1.82) is 0 Å². The summed E-state index contributed by atoms with van der Waals surface area (Å²) in [5.74, 6) is 1.12. The number of benzene rings is 3. The lowest BCUT2D eigenvalue weighted by Crippen LogP contribution is -2.13. The van der Waals surface area contributed by atoms with Crippen LogP contribution in [0.2, 0.25) is 0 Å². The predicted molar refractivity (Wildman–Crippen MR) is 123 cm³/mol. The smallest absolute Gasteiger partial charge is 0.282 e. The molecule has 33 heavy (non-hydrogen) atoms. The summed E-state index contributed by atoms with van der Waals surface area (Å²) in [5, 5.41) is 17.8. The Hall–Kier alpha value is -4.73. The second kappa shape index (κ2) is 9.18. The molecule has 0 aliphatic heterocycles. The molecule has 2 N–H and O–H groups in total. The van der Waals surface area contributed by atoms with Crippen molar-refractivity contribution in [2.75, 3.05) is 24.9 Å². The number of hydrogen-bond donors (Lipinski definition) is 2. The van der Waals surface area contributed by atoms with Gasteiger partial charge in [-0.3, -0.25) is 14.9 Å². The second-order valence-corrected chi connectivity index (χ2v) is 6.88. The third kappa shape index (κ3) is 4.49. The van der Waals surface area contributed by atoms with Crippen LogP contribution >= 0.6 is 0 Å². The number of anilines is 3. The van der Waals surface area contributed by atoms with E-state index in [2.05, 4.69) is 20.6 Å². The Bertz CT molecular complexity index is 1340. The SMILES string of the molecule is COc1cc2ncnc(Nc3ccc(NC(=O)c4ccccc4[N+](=O)[O-])cc3)c2cc1OC. The molecule has 4 aromatic rings. The highest BCUT2D eigenvalue weighted by Crippen LogP contribution is 2.34. The van der Waals surface area contributed by atoms with Gasteiger partial charge in [0.2, 0.25) is 0 Å². The van der Waals surface area contributed by atoms with E-state index in [9.17, 15) is 14.9 Å². The van der Waals surface area contributed by atoms with Crippen LogP contribution in [0.25, 0.3) is 10.9 Å². The molecule has 0 bridgehead atoms. The van der Waals surface area contributed by atoms with E-state index in [0.717, 1.165) is 5.39 Å². The first-order valence-electron chi connectivity index (χ1n) is 9.78. The van der Waals surface area contributed by atoms with Crippen molar-refractivity contribution < 1.29 is 19.2 Å². The summed E-state index contributed by atoms with van der Waals surface area (Å²) in [6, 6.07) is 16.2. The molecule has 0 radical (unpaired) electrons. The third-order valence-electron chi connectivity index (χ3n) is 4.89. The van der Waals surface area contributed by atoms with Crippen LogP contribution in [0.3, 0.4) is 0 Å². The molecule has 0 unspecified atom stereocenters. The highest BCUT2D eigenvalue weighted by molar-refractivity contribution is 6.07. The Morgan fingerprint density at radius 3 is 2.30 bits per heavy atom. The molecule has 1 aromatic heterocycles. The molecule has 0 fully saturated rings. The van der Waals surface area contributed by atoms with Gasteiger partial charge in [0.25, 0.3) is 11.6 Å². The van der Waals surface area contributed by atoms with Gasteiger partial charge in [0.05, 0.1) is 24.7 Å². The molecule has 10 nitrogen and oxygen atoms in total. The van der Waals surface area contributed by atoms with Crippen LogP contribution in [-0.2, 0) is 0 Å². The molecule has 10 heteroatoms. The quantitative estimate of drug-likeness (QED) is 0.313. The van der Waals surface area contributed by atoms with E-state index >= 15 is 0 Å². The minimum Gasteiger partial charge on any atom is -0.493 e. The highest BCUT2D eigenvalue weighted by atomic mass is 16.6. The number of methoxy groups -OCH3 is 2. The van der Waals surface area contributed by atoms with E-state index in [1.54, 1.807) is 56.7 Å². The Morgan fingerprint density at radius 2 is 1.61 bits per heavy atom. The Balaban J connectivity index is 1.54. The fourth-order valence-corrected chi connectivity index (χ4v) is 3.28. The van der Waals surface area contributed by atoms with Crippen LogP contribution in [0, 0.1) is 10.1 Å². The maximum atomic E-state index is 12.5. The lowest BCUT2D eigenvalue weighted by Gasteiger charge is -2.12. The number of para-hydroxylation sites is 1. The van der Waals surface area contributed by atoms with Crippen molar-refractivity contribution in [2.45, 2.75) is 0 Å². The first-order valence-corrected chi connectivity index (χ1v) is 9.78. The molecular formula is C23H19N5O5. The van der Waals surface area contributed by atoms with E-state index < -0.39 is 10.8 Å². The van der Waals surface area contributed by atoms with E-state index in [-0.39, 0.29) is 11.3 Å². The maximum Gasteiger partial charge on any atom is 0.282 e. The monoisotopic (exact) mass is 445 g/mol. The zero-order valence-electron chi connectivity index (χ0n) is 17.7. The summed E-state index contributed by atoms with van der Waals surface area (Å²) in [7, 11) is 3.11. The van der Waals surface area contributed by atoms with Crippen molar-refractivity contribution in [2.24, 2.45) is 0 Å². The van der Waals surface area contributed by atoms with Gasteiger partial charge in [-0.2, -0.15) is 0 Å². The van der Waals surface area contributed by atoms with Gasteiger partial charge >= 0.3 is 0 Å². The fraction of sp³-hybridized carbons (Fsp3) is 0.0870.